The Morgan fingerprint density at radius 1 is 1.25 bits per heavy atom. The van der Waals surface area contributed by atoms with Gasteiger partial charge in [-0.15, -0.1) is 11.3 Å². The summed E-state index contributed by atoms with van der Waals surface area (Å²) in [4.78, 5) is 35.9. The Labute approximate surface area is 235 Å². The average molecular weight is 567 g/mol. The maximum atomic E-state index is 13.5. The van der Waals surface area contributed by atoms with Crippen LogP contribution in [0.3, 0.4) is 0 Å². The Kier molecular flexibility index (Phi) is 8.41. The van der Waals surface area contributed by atoms with Crippen LogP contribution in [0.1, 0.15) is 25.7 Å². The molecule has 0 spiro atoms. The van der Waals surface area contributed by atoms with Gasteiger partial charge in [-0.1, -0.05) is 0 Å². The minimum Gasteiger partial charge on any atom is -0.481 e. The van der Waals surface area contributed by atoms with Crippen molar-refractivity contribution >= 4 is 39.4 Å². The zero-order valence-corrected chi connectivity index (χ0v) is 23.2. The summed E-state index contributed by atoms with van der Waals surface area (Å²) in [6.07, 6.45) is 5.63. The van der Waals surface area contributed by atoms with Crippen molar-refractivity contribution in [1.29, 1.82) is 0 Å². The standard InChI is InChI=1S/C29H31FN4O5S/c1-33-8-5-19-12-21(15-31-27(19)33)23-4-3-22(39-17-30)14-24(23)25-16-40-29(32-25)34(2)28(37)20(13-26(35)36)11-18-6-9-38-10-7-18/h3-5,8,12,14-16,18,20H,6-7,9-11,13,17H2,1-2H3,(H,35,36). The fourth-order valence-electron chi connectivity index (χ4n) is 5.22. The Morgan fingerprint density at radius 3 is 2.80 bits per heavy atom. The lowest BCUT2D eigenvalue weighted by Crippen LogP contribution is -2.35. The van der Waals surface area contributed by atoms with E-state index in [1.807, 2.05) is 41.4 Å². The highest BCUT2D eigenvalue weighted by Gasteiger charge is 2.30. The van der Waals surface area contributed by atoms with Crippen LogP contribution < -0.4 is 9.64 Å². The number of nitrogens with zero attached hydrogens (tertiary/aromatic N) is 4. The number of pyridine rings is 1. The van der Waals surface area contributed by atoms with Gasteiger partial charge in [-0.25, -0.2) is 14.4 Å². The number of halogens is 1. The number of carboxylic acids is 1. The van der Waals surface area contributed by atoms with Gasteiger partial charge in [0.2, 0.25) is 12.8 Å². The van der Waals surface area contributed by atoms with Crippen LogP contribution in [0.2, 0.25) is 0 Å². The summed E-state index contributed by atoms with van der Waals surface area (Å²) >= 11 is 1.28. The van der Waals surface area contributed by atoms with Gasteiger partial charge in [-0.05, 0) is 61.1 Å². The summed E-state index contributed by atoms with van der Waals surface area (Å²) in [5.74, 6) is -1.33. The van der Waals surface area contributed by atoms with Gasteiger partial charge in [0, 0.05) is 67.5 Å². The van der Waals surface area contributed by atoms with E-state index in [2.05, 4.69) is 4.98 Å². The number of benzene rings is 1. The van der Waals surface area contributed by atoms with Crippen molar-refractivity contribution in [3.8, 4) is 28.1 Å². The minimum atomic E-state index is -1.00. The summed E-state index contributed by atoms with van der Waals surface area (Å²) in [7, 11) is 3.56. The first-order valence-corrected chi connectivity index (χ1v) is 14.0. The zero-order chi connectivity index (χ0) is 28.2. The minimum absolute atomic E-state index is 0.236. The van der Waals surface area contributed by atoms with Crippen LogP contribution in [0, 0.1) is 11.8 Å². The first kappa shape index (κ1) is 27.7. The summed E-state index contributed by atoms with van der Waals surface area (Å²) in [6.45, 7) is 0.295. The number of anilines is 1. The molecule has 1 N–H and O–H groups in total. The van der Waals surface area contributed by atoms with Gasteiger partial charge in [0.05, 0.1) is 12.1 Å². The highest BCUT2D eigenvalue weighted by Crippen LogP contribution is 2.38. The molecule has 210 valence electrons. The van der Waals surface area contributed by atoms with E-state index in [9.17, 15) is 19.1 Å². The van der Waals surface area contributed by atoms with Gasteiger partial charge in [-0.2, -0.15) is 0 Å². The normalized spacial score (nSPS) is 14.8. The summed E-state index contributed by atoms with van der Waals surface area (Å²) in [5, 5.41) is 12.7. The fourth-order valence-corrected chi connectivity index (χ4v) is 6.01. The number of hydrogen-bond acceptors (Lipinski definition) is 7. The molecule has 11 heteroatoms. The Morgan fingerprint density at radius 2 is 2.05 bits per heavy atom. The van der Waals surface area contributed by atoms with Crippen molar-refractivity contribution in [2.75, 3.05) is 32.0 Å². The lowest BCUT2D eigenvalue weighted by molar-refractivity contribution is -0.141. The smallest absolute Gasteiger partial charge is 0.304 e. The van der Waals surface area contributed by atoms with E-state index in [0.717, 1.165) is 35.0 Å². The monoisotopic (exact) mass is 566 g/mol. The van der Waals surface area contributed by atoms with E-state index >= 15 is 0 Å². The van der Waals surface area contributed by atoms with Crippen molar-refractivity contribution in [2.24, 2.45) is 18.9 Å². The molecule has 1 saturated heterocycles. The molecule has 1 amide bonds. The first-order valence-electron chi connectivity index (χ1n) is 13.1. The van der Waals surface area contributed by atoms with Gasteiger partial charge in [-0.3, -0.25) is 14.5 Å². The van der Waals surface area contributed by atoms with Crippen molar-refractivity contribution in [2.45, 2.75) is 25.7 Å². The molecular weight excluding hydrogens is 535 g/mol. The van der Waals surface area contributed by atoms with E-state index in [1.165, 1.54) is 16.2 Å². The molecule has 0 radical (unpaired) electrons. The largest absolute Gasteiger partial charge is 0.481 e. The van der Waals surface area contributed by atoms with E-state index in [0.29, 0.717) is 41.8 Å². The van der Waals surface area contributed by atoms with Gasteiger partial charge >= 0.3 is 5.97 Å². The number of carboxylic acid groups (broad SMARTS) is 1. The molecule has 40 heavy (non-hydrogen) atoms. The van der Waals surface area contributed by atoms with Crippen LogP contribution in [0.4, 0.5) is 9.52 Å². The van der Waals surface area contributed by atoms with E-state index in [1.54, 1.807) is 25.4 Å². The second-order valence-corrected chi connectivity index (χ2v) is 10.9. The van der Waals surface area contributed by atoms with Crippen molar-refractivity contribution in [3.05, 3.63) is 48.1 Å². The number of hydrogen-bond donors (Lipinski definition) is 1. The number of amides is 1. The highest BCUT2D eigenvalue weighted by atomic mass is 32.1. The maximum absolute atomic E-state index is 13.5. The molecular formula is C29H31FN4O5S. The SMILES string of the molecule is CN(C(=O)C(CC(=O)O)CC1CCOCC1)c1nc(-c2cc(OCF)ccc2-c2cnc3c(ccn3C)c2)cs1. The molecule has 5 rings (SSSR count). The Balaban J connectivity index is 1.45. The number of aromatic nitrogens is 3. The molecule has 1 aromatic carbocycles. The van der Waals surface area contributed by atoms with Crippen LogP contribution in [0.5, 0.6) is 5.75 Å². The van der Waals surface area contributed by atoms with Gasteiger partial charge < -0.3 is 19.1 Å². The fraction of sp³-hybridized carbons (Fsp3) is 0.379. The van der Waals surface area contributed by atoms with Crippen molar-refractivity contribution in [3.63, 3.8) is 0 Å². The molecule has 1 unspecified atom stereocenters. The Hall–Kier alpha value is -3.83. The highest BCUT2D eigenvalue weighted by molar-refractivity contribution is 7.14. The third-order valence-corrected chi connectivity index (χ3v) is 8.26. The lowest BCUT2D eigenvalue weighted by Gasteiger charge is -2.27. The first-order chi connectivity index (χ1) is 19.3. The quantitative estimate of drug-likeness (QED) is 0.269. The molecule has 4 aromatic rings. The summed E-state index contributed by atoms with van der Waals surface area (Å²) in [5.41, 5.74) is 3.84. The molecule has 0 aliphatic carbocycles. The number of fused-ring (bicyclic) bond motifs is 1. The van der Waals surface area contributed by atoms with Crippen molar-refractivity contribution in [1.82, 2.24) is 14.5 Å². The number of aliphatic carboxylic acids is 1. The van der Waals surface area contributed by atoms with E-state index in [4.69, 9.17) is 14.5 Å². The molecule has 1 fully saturated rings. The van der Waals surface area contributed by atoms with E-state index < -0.39 is 18.7 Å². The summed E-state index contributed by atoms with van der Waals surface area (Å²) in [6, 6.07) is 9.29. The predicted molar refractivity (Wildman–Crippen MR) is 151 cm³/mol. The number of aryl methyl sites for hydroxylation is 1. The Bertz CT molecular complexity index is 1510. The molecule has 0 saturated carbocycles. The lowest BCUT2D eigenvalue weighted by atomic mass is 9.86. The molecule has 1 aliphatic heterocycles. The third-order valence-electron chi connectivity index (χ3n) is 7.34. The predicted octanol–water partition coefficient (Wildman–Crippen LogP) is 5.54. The molecule has 4 heterocycles. The number of ether oxygens (including phenoxy) is 2. The van der Waals surface area contributed by atoms with E-state index in [-0.39, 0.29) is 18.2 Å². The van der Waals surface area contributed by atoms with Gasteiger partial charge in [0.15, 0.2) is 5.13 Å². The van der Waals surface area contributed by atoms with Crippen LogP contribution in [-0.4, -0.2) is 58.6 Å². The molecule has 1 atom stereocenters. The van der Waals surface area contributed by atoms with Gasteiger partial charge in [0.1, 0.15) is 11.4 Å². The summed E-state index contributed by atoms with van der Waals surface area (Å²) < 4.78 is 25.5. The average Bonchev–Trinajstić information content (AvgIpc) is 3.59. The third kappa shape index (κ3) is 6.00. The number of thiazole rings is 1. The number of rotatable bonds is 10. The maximum Gasteiger partial charge on any atom is 0.304 e. The topological polar surface area (TPSA) is 107 Å². The van der Waals surface area contributed by atoms with Crippen molar-refractivity contribution < 1.29 is 28.6 Å². The molecule has 3 aromatic heterocycles. The van der Waals surface area contributed by atoms with Crippen LogP contribution in [0.15, 0.2) is 48.1 Å². The number of carbonyl (C=O) groups is 2. The van der Waals surface area contributed by atoms with Crippen LogP contribution in [-0.2, 0) is 21.4 Å². The zero-order valence-electron chi connectivity index (χ0n) is 22.4. The second-order valence-electron chi connectivity index (χ2n) is 10.0. The molecule has 9 nitrogen and oxygen atoms in total. The van der Waals surface area contributed by atoms with Gasteiger partial charge in [0.25, 0.3) is 0 Å². The molecule has 0 bridgehead atoms. The second kappa shape index (κ2) is 12.1. The van der Waals surface area contributed by atoms with Crippen LogP contribution >= 0.6 is 11.3 Å². The number of alkyl halides is 1. The number of carbonyl (C=O) groups excluding carboxylic acids is 1. The molecule has 1 aliphatic rings. The van der Waals surface area contributed by atoms with Crippen LogP contribution in [0.25, 0.3) is 33.4 Å².